The number of non-ortho nitro benzene ring substituents is 1. The van der Waals surface area contributed by atoms with Crippen LogP contribution in [0.4, 0.5) is 11.4 Å². The van der Waals surface area contributed by atoms with E-state index in [-0.39, 0.29) is 17.7 Å². The SMILES string of the molecule is CC(=O)N(NC(=O)c1cc([N+](=O)[O-])ccc1C)C1CC(=O)N(c2ccc(C)c(C)c2)C1=O. The third-order valence-corrected chi connectivity index (χ3v) is 5.42. The molecule has 10 nitrogen and oxygen atoms in total. The van der Waals surface area contributed by atoms with Gasteiger partial charge in [-0.1, -0.05) is 12.1 Å². The molecule has 2 aromatic rings. The van der Waals surface area contributed by atoms with E-state index in [9.17, 15) is 29.3 Å². The second-order valence-corrected chi connectivity index (χ2v) is 7.64. The first-order chi connectivity index (χ1) is 15.0. The highest BCUT2D eigenvalue weighted by Crippen LogP contribution is 2.27. The molecule has 2 aromatic carbocycles. The second-order valence-electron chi connectivity index (χ2n) is 7.64. The number of benzene rings is 2. The van der Waals surface area contributed by atoms with Gasteiger partial charge in [-0.15, -0.1) is 0 Å². The van der Waals surface area contributed by atoms with Gasteiger partial charge in [0.15, 0.2) is 0 Å². The Balaban J connectivity index is 1.88. The predicted octanol–water partition coefficient (Wildman–Crippen LogP) is 2.35. The highest BCUT2D eigenvalue weighted by Gasteiger charge is 2.44. The first kappa shape index (κ1) is 22.6. The molecule has 1 aliphatic heterocycles. The minimum atomic E-state index is -1.23. The number of nitro groups is 1. The molecule has 1 N–H and O–H groups in total. The molecule has 0 radical (unpaired) electrons. The van der Waals surface area contributed by atoms with Gasteiger partial charge in [-0.25, -0.2) is 9.91 Å². The van der Waals surface area contributed by atoms with Crippen molar-refractivity contribution in [2.45, 2.75) is 40.2 Å². The molecule has 0 aromatic heterocycles. The molecule has 10 heteroatoms. The number of carbonyl (C=O) groups excluding carboxylic acids is 4. The van der Waals surface area contributed by atoms with Gasteiger partial charge < -0.3 is 0 Å². The number of aryl methyl sites for hydroxylation is 3. The van der Waals surface area contributed by atoms with Crippen LogP contribution < -0.4 is 10.3 Å². The summed E-state index contributed by atoms with van der Waals surface area (Å²) in [6, 6.07) is 7.66. The summed E-state index contributed by atoms with van der Waals surface area (Å²) in [6.45, 7) is 6.49. The number of rotatable bonds is 4. The average Bonchev–Trinajstić information content (AvgIpc) is 3.01. The van der Waals surface area contributed by atoms with Crippen molar-refractivity contribution < 1.29 is 24.1 Å². The van der Waals surface area contributed by atoms with Crippen LogP contribution in [-0.2, 0) is 14.4 Å². The molecule has 1 atom stereocenters. The Labute approximate surface area is 183 Å². The maximum atomic E-state index is 13.1. The lowest BCUT2D eigenvalue weighted by Crippen LogP contribution is -2.54. The maximum absolute atomic E-state index is 13.1. The van der Waals surface area contributed by atoms with Gasteiger partial charge in [0.25, 0.3) is 17.5 Å². The van der Waals surface area contributed by atoms with E-state index in [1.54, 1.807) is 25.1 Å². The molecule has 1 unspecified atom stereocenters. The first-order valence-corrected chi connectivity index (χ1v) is 9.81. The second kappa shape index (κ2) is 8.58. The highest BCUT2D eigenvalue weighted by molar-refractivity contribution is 6.23. The van der Waals surface area contributed by atoms with Gasteiger partial charge in [-0.2, -0.15) is 0 Å². The summed E-state index contributed by atoms with van der Waals surface area (Å²) >= 11 is 0. The molecule has 166 valence electrons. The van der Waals surface area contributed by atoms with Crippen molar-refractivity contribution in [3.8, 4) is 0 Å². The van der Waals surface area contributed by atoms with Gasteiger partial charge in [0, 0.05) is 19.1 Å². The molecule has 1 saturated heterocycles. The summed E-state index contributed by atoms with van der Waals surface area (Å²) in [5.41, 5.74) is 4.76. The topological polar surface area (TPSA) is 130 Å². The third kappa shape index (κ3) is 4.20. The zero-order valence-electron chi connectivity index (χ0n) is 18.0. The smallest absolute Gasteiger partial charge is 0.270 e. The summed E-state index contributed by atoms with van der Waals surface area (Å²) in [5.74, 6) is -2.61. The lowest BCUT2D eigenvalue weighted by Gasteiger charge is -2.27. The minimum Gasteiger partial charge on any atom is -0.274 e. The summed E-state index contributed by atoms with van der Waals surface area (Å²) in [5, 5.41) is 11.9. The number of carbonyl (C=O) groups is 4. The molecule has 1 fully saturated rings. The number of nitrogens with one attached hydrogen (secondary N) is 1. The van der Waals surface area contributed by atoms with Gasteiger partial charge in [-0.3, -0.25) is 34.7 Å². The molecule has 0 bridgehead atoms. The van der Waals surface area contributed by atoms with E-state index in [4.69, 9.17) is 0 Å². The van der Waals surface area contributed by atoms with Crippen LogP contribution in [0.2, 0.25) is 0 Å². The van der Waals surface area contributed by atoms with Crippen LogP contribution in [0.1, 0.15) is 40.4 Å². The predicted molar refractivity (Wildman–Crippen MR) is 115 cm³/mol. The molecule has 3 rings (SSSR count). The molecule has 1 aliphatic rings. The van der Waals surface area contributed by atoms with Crippen LogP contribution in [0.15, 0.2) is 36.4 Å². The van der Waals surface area contributed by atoms with Crippen molar-refractivity contribution >= 4 is 35.0 Å². The Morgan fingerprint density at radius 2 is 1.72 bits per heavy atom. The van der Waals surface area contributed by atoms with E-state index in [0.717, 1.165) is 34.0 Å². The maximum Gasteiger partial charge on any atom is 0.270 e. The molecule has 0 spiro atoms. The third-order valence-electron chi connectivity index (χ3n) is 5.42. The standard InChI is InChI=1S/C22H22N4O6/c1-12-5-7-16(9-14(12)3)24-20(28)11-19(22(24)30)25(15(4)27)23-21(29)18-10-17(26(31)32)8-6-13(18)2/h5-10,19H,11H2,1-4H3,(H,23,29). The molecule has 4 amide bonds. The summed E-state index contributed by atoms with van der Waals surface area (Å²) in [6.07, 6.45) is -0.306. The molecular formula is C22H22N4O6. The van der Waals surface area contributed by atoms with Crippen molar-refractivity contribution in [2.24, 2.45) is 0 Å². The zero-order valence-corrected chi connectivity index (χ0v) is 18.0. The Hall–Kier alpha value is -4.08. The molecule has 1 heterocycles. The molecule has 0 aliphatic carbocycles. The fourth-order valence-electron chi connectivity index (χ4n) is 3.47. The quantitative estimate of drug-likeness (QED) is 0.443. The summed E-state index contributed by atoms with van der Waals surface area (Å²) in [4.78, 5) is 62.2. The molecule has 32 heavy (non-hydrogen) atoms. The minimum absolute atomic E-state index is 0.0202. The van der Waals surface area contributed by atoms with Gasteiger partial charge in [0.2, 0.25) is 11.8 Å². The number of hydrogen-bond acceptors (Lipinski definition) is 6. The van der Waals surface area contributed by atoms with Crippen LogP contribution in [-0.4, -0.2) is 39.6 Å². The number of imide groups is 1. The van der Waals surface area contributed by atoms with Crippen molar-refractivity contribution in [2.75, 3.05) is 4.90 Å². The van der Waals surface area contributed by atoms with Crippen LogP contribution in [0, 0.1) is 30.9 Å². The average molecular weight is 438 g/mol. The van der Waals surface area contributed by atoms with Crippen molar-refractivity contribution in [1.82, 2.24) is 10.4 Å². The summed E-state index contributed by atoms with van der Waals surface area (Å²) in [7, 11) is 0. The van der Waals surface area contributed by atoms with Gasteiger partial charge in [-0.05, 0) is 49.6 Å². The van der Waals surface area contributed by atoms with Crippen LogP contribution >= 0.6 is 0 Å². The number of nitrogens with zero attached hydrogens (tertiary/aromatic N) is 3. The monoisotopic (exact) mass is 438 g/mol. The van der Waals surface area contributed by atoms with E-state index in [1.165, 1.54) is 12.1 Å². The lowest BCUT2D eigenvalue weighted by molar-refractivity contribution is -0.384. The summed E-state index contributed by atoms with van der Waals surface area (Å²) < 4.78 is 0. The van der Waals surface area contributed by atoms with Crippen LogP contribution in [0.25, 0.3) is 0 Å². The number of hydrazine groups is 1. The van der Waals surface area contributed by atoms with Gasteiger partial charge in [0.05, 0.1) is 22.6 Å². The van der Waals surface area contributed by atoms with Gasteiger partial charge >= 0.3 is 0 Å². The fraction of sp³-hybridized carbons (Fsp3) is 0.273. The van der Waals surface area contributed by atoms with Crippen molar-refractivity contribution in [3.63, 3.8) is 0 Å². The van der Waals surface area contributed by atoms with Crippen molar-refractivity contribution in [1.29, 1.82) is 0 Å². The van der Waals surface area contributed by atoms with E-state index in [1.807, 2.05) is 13.8 Å². The van der Waals surface area contributed by atoms with E-state index < -0.39 is 34.6 Å². The molecular weight excluding hydrogens is 416 g/mol. The van der Waals surface area contributed by atoms with E-state index in [2.05, 4.69) is 5.43 Å². The number of nitro benzene ring substituents is 1. The fourth-order valence-corrected chi connectivity index (χ4v) is 3.47. The Kier molecular flexibility index (Phi) is 6.06. The number of amides is 4. The van der Waals surface area contributed by atoms with Crippen LogP contribution in [0.3, 0.4) is 0 Å². The Bertz CT molecular complexity index is 1160. The first-order valence-electron chi connectivity index (χ1n) is 9.81. The van der Waals surface area contributed by atoms with Crippen LogP contribution in [0.5, 0.6) is 0 Å². The van der Waals surface area contributed by atoms with Crippen molar-refractivity contribution in [3.05, 3.63) is 68.8 Å². The lowest BCUT2D eigenvalue weighted by atomic mass is 10.1. The molecule has 0 saturated carbocycles. The van der Waals surface area contributed by atoms with E-state index in [0.29, 0.717) is 11.3 Å². The number of anilines is 1. The number of hydrogen-bond donors (Lipinski definition) is 1. The van der Waals surface area contributed by atoms with E-state index >= 15 is 0 Å². The zero-order chi connectivity index (χ0) is 23.7. The largest absolute Gasteiger partial charge is 0.274 e. The highest BCUT2D eigenvalue weighted by atomic mass is 16.6. The Morgan fingerprint density at radius 3 is 2.31 bits per heavy atom. The van der Waals surface area contributed by atoms with Gasteiger partial charge in [0.1, 0.15) is 6.04 Å². The Morgan fingerprint density at radius 1 is 1.06 bits per heavy atom. The normalized spacial score (nSPS) is 15.6.